The molecule has 17 heavy (non-hydrogen) atoms. The van der Waals surface area contributed by atoms with E-state index in [2.05, 4.69) is 38.5 Å². The fourth-order valence-corrected chi connectivity index (χ4v) is 2.15. The second kappa shape index (κ2) is 5.27. The van der Waals surface area contributed by atoms with Crippen LogP contribution in [0, 0.1) is 9.39 Å². The molecule has 0 unspecified atom stereocenters. The lowest BCUT2D eigenvalue weighted by Gasteiger charge is -2.03. The van der Waals surface area contributed by atoms with Gasteiger partial charge in [0.05, 0.1) is 5.56 Å². The van der Waals surface area contributed by atoms with E-state index >= 15 is 0 Å². The Bertz CT molecular complexity index is 566. The summed E-state index contributed by atoms with van der Waals surface area (Å²) in [4.78, 5) is 12.1. The van der Waals surface area contributed by atoms with Crippen LogP contribution in [0.1, 0.15) is 15.9 Å². The van der Waals surface area contributed by atoms with Crippen molar-refractivity contribution in [2.45, 2.75) is 0 Å². The second-order valence-corrected chi connectivity index (χ2v) is 5.62. The van der Waals surface area contributed by atoms with Gasteiger partial charge in [-0.15, -0.1) is 0 Å². The van der Waals surface area contributed by atoms with Crippen LogP contribution in [0.15, 0.2) is 46.9 Å². The van der Waals surface area contributed by atoms with Crippen LogP contribution in [0.3, 0.4) is 0 Å². The molecule has 0 amide bonds. The van der Waals surface area contributed by atoms with Gasteiger partial charge >= 0.3 is 0 Å². The summed E-state index contributed by atoms with van der Waals surface area (Å²) in [5.41, 5.74) is 0.572. The van der Waals surface area contributed by atoms with Gasteiger partial charge in [0, 0.05) is 13.6 Å². The third-order valence-electron chi connectivity index (χ3n) is 2.28. The van der Waals surface area contributed by atoms with Crippen molar-refractivity contribution >= 4 is 44.3 Å². The summed E-state index contributed by atoms with van der Waals surface area (Å²) in [5, 5.41) is 0. The van der Waals surface area contributed by atoms with Crippen LogP contribution in [0.25, 0.3) is 0 Å². The van der Waals surface area contributed by atoms with E-state index in [9.17, 15) is 9.18 Å². The van der Waals surface area contributed by atoms with E-state index in [-0.39, 0.29) is 11.3 Å². The maximum atomic E-state index is 13.5. The molecular weight excluding hydrogens is 398 g/mol. The third kappa shape index (κ3) is 2.93. The first-order chi connectivity index (χ1) is 8.08. The molecule has 2 aromatic rings. The van der Waals surface area contributed by atoms with E-state index in [0.29, 0.717) is 10.0 Å². The first-order valence-corrected chi connectivity index (χ1v) is 6.70. The van der Waals surface area contributed by atoms with Gasteiger partial charge in [0.15, 0.2) is 5.78 Å². The predicted molar refractivity (Wildman–Crippen MR) is 76.7 cm³/mol. The molecule has 2 rings (SSSR count). The van der Waals surface area contributed by atoms with Gasteiger partial charge in [0.25, 0.3) is 0 Å². The fourth-order valence-electron chi connectivity index (χ4n) is 1.43. The Hall–Kier alpha value is -0.750. The summed E-state index contributed by atoms with van der Waals surface area (Å²) in [6.07, 6.45) is 0. The first-order valence-electron chi connectivity index (χ1n) is 4.83. The summed E-state index contributed by atoms with van der Waals surface area (Å²) in [5.74, 6) is -0.808. The number of ketones is 1. The van der Waals surface area contributed by atoms with Crippen LogP contribution in [0.2, 0.25) is 0 Å². The molecule has 0 aliphatic heterocycles. The Morgan fingerprint density at radius 2 is 1.76 bits per heavy atom. The topological polar surface area (TPSA) is 17.1 Å². The third-order valence-corrected chi connectivity index (χ3v) is 3.49. The number of benzene rings is 2. The first kappa shape index (κ1) is 12.7. The average molecular weight is 405 g/mol. The highest BCUT2D eigenvalue weighted by Gasteiger charge is 2.14. The monoisotopic (exact) mass is 404 g/mol. The maximum absolute atomic E-state index is 13.5. The molecule has 0 saturated heterocycles. The lowest BCUT2D eigenvalue weighted by atomic mass is 10.0. The van der Waals surface area contributed by atoms with Crippen molar-refractivity contribution in [2.24, 2.45) is 0 Å². The highest BCUT2D eigenvalue weighted by atomic mass is 127. The lowest BCUT2D eigenvalue weighted by Crippen LogP contribution is -2.04. The van der Waals surface area contributed by atoms with Crippen molar-refractivity contribution in [1.82, 2.24) is 0 Å². The van der Waals surface area contributed by atoms with E-state index in [4.69, 9.17) is 0 Å². The van der Waals surface area contributed by atoms with Gasteiger partial charge in [-0.05, 0) is 65.1 Å². The van der Waals surface area contributed by atoms with Crippen LogP contribution in [0.5, 0.6) is 0 Å². The predicted octanol–water partition coefficient (Wildman–Crippen LogP) is 4.42. The molecule has 4 heteroatoms. The number of hydrogen-bond acceptors (Lipinski definition) is 1. The van der Waals surface area contributed by atoms with Crippen molar-refractivity contribution in [1.29, 1.82) is 0 Å². The Balaban J connectivity index is 2.43. The fraction of sp³-hybridized carbons (Fsp3) is 0. The summed E-state index contributed by atoms with van der Waals surface area (Å²) < 4.78 is 15.3. The Morgan fingerprint density at radius 1 is 1.12 bits per heavy atom. The van der Waals surface area contributed by atoms with Crippen molar-refractivity contribution in [3.63, 3.8) is 0 Å². The molecule has 0 fully saturated rings. The van der Waals surface area contributed by atoms with Crippen LogP contribution in [-0.2, 0) is 0 Å². The van der Waals surface area contributed by atoms with Gasteiger partial charge in [-0.3, -0.25) is 4.79 Å². The Labute approximate surface area is 120 Å². The van der Waals surface area contributed by atoms with E-state index in [1.807, 2.05) is 12.1 Å². The maximum Gasteiger partial charge on any atom is 0.196 e. The quantitative estimate of drug-likeness (QED) is 0.534. The zero-order valence-corrected chi connectivity index (χ0v) is 12.3. The van der Waals surface area contributed by atoms with Gasteiger partial charge in [-0.1, -0.05) is 15.9 Å². The number of halogens is 3. The molecule has 1 nitrogen and oxygen atoms in total. The average Bonchev–Trinajstić information content (AvgIpc) is 2.32. The Kier molecular flexibility index (Phi) is 3.93. The number of carbonyl (C=O) groups excluding carboxylic acids is 1. The van der Waals surface area contributed by atoms with Gasteiger partial charge in [-0.25, -0.2) is 4.39 Å². The number of carbonyl (C=O) groups is 1. The number of rotatable bonds is 2. The molecule has 0 bridgehead atoms. The largest absolute Gasteiger partial charge is 0.288 e. The molecule has 0 saturated carbocycles. The molecule has 0 atom stereocenters. The zero-order chi connectivity index (χ0) is 12.4. The molecule has 0 spiro atoms. The molecule has 0 aliphatic rings. The molecule has 86 valence electrons. The van der Waals surface area contributed by atoms with Crippen molar-refractivity contribution in [3.05, 3.63) is 67.5 Å². The molecule has 0 N–H and O–H groups in total. The second-order valence-electron chi connectivity index (χ2n) is 3.46. The highest BCUT2D eigenvalue weighted by molar-refractivity contribution is 14.1. The zero-order valence-electron chi connectivity index (χ0n) is 8.58. The van der Waals surface area contributed by atoms with Gasteiger partial charge in [0.2, 0.25) is 0 Å². The van der Waals surface area contributed by atoms with Crippen molar-refractivity contribution in [3.8, 4) is 0 Å². The minimum Gasteiger partial charge on any atom is -0.288 e. The van der Waals surface area contributed by atoms with Crippen molar-refractivity contribution < 1.29 is 9.18 Å². The van der Waals surface area contributed by atoms with Crippen LogP contribution in [-0.4, -0.2) is 5.78 Å². The minimum absolute atomic E-state index is 0.0839. The summed E-state index contributed by atoms with van der Waals surface area (Å²) in [6.45, 7) is 0. The van der Waals surface area contributed by atoms with Crippen LogP contribution in [0.4, 0.5) is 4.39 Å². The van der Waals surface area contributed by atoms with Gasteiger partial charge in [0.1, 0.15) is 5.82 Å². The summed E-state index contributed by atoms with van der Waals surface area (Å²) in [7, 11) is 0. The molecule has 2 aromatic carbocycles. The molecule has 0 aromatic heterocycles. The standard InChI is InChI=1S/C13H7BrFIO/c14-9-3-6-12(15)11(7-9)13(17)8-1-4-10(16)5-2-8/h1-7H. The van der Waals surface area contributed by atoms with Gasteiger partial charge in [-0.2, -0.15) is 0 Å². The minimum atomic E-state index is -0.503. The van der Waals surface area contributed by atoms with E-state index < -0.39 is 5.82 Å². The molecule has 0 aliphatic carbocycles. The molecular formula is C13H7BrFIO. The van der Waals surface area contributed by atoms with Gasteiger partial charge < -0.3 is 0 Å². The molecule has 0 radical (unpaired) electrons. The van der Waals surface area contributed by atoms with E-state index in [1.165, 1.54) is 12.1 Å². The van der Waals surface area contributed by atoms with Crippen LogP contribution >= 0.6 is 38.5 Å². The molecule has 0 heterocycles. The summed E-state index contributed by atoms with van der Waals surface area (Å²) in [6, 6.07) is 11.4. The van der Waals surface area contributed by atoms with E-state index in [1.54, 1.807) is 18.2 Å². The SMILES string of the molecule is O=C(c1ccc(I)cc1)c1cc(Br)ccc1F. The smallest absolute Gasteiger partial charge is 0.196 e. The van der Waals surface area contributed by atoms with Crippen molar-refractivity contribution in [2.75, 3.05) is 0 Å². The number of hydrogen-bond donors (Lipinski definition) is 0. The normalized spacial score (nSPS) is 10.3. The lowest BCUT2D eigenvalue weighted by molar-refractivity contribution is 0.103. The summed E-state index contributed by atoms with van der Waals surface area (Å²) >= 11 is 5.38. The highest BCUT2D eigenvalue weighted by Crippen LogP contribution is 2.19. The van der Waals surface area contributed by atoms with Crippen LogP contribution < -0.4 is 0 Å². The van der Waals surface area contributed by atoms with E-state index in [0.717, 1.165) is 3.57 Å². The Morgan fingerprint density at radius 3 is 2.41 bits per heavy atom.